The van der Waals surface area contributed by atoms with Crippen LogP contribution in [-0.4, -0.2) is 41.4 Å². The van der Waals surface area contributed by atoms with Gasteiger partial charge in [-0.05, 0) is 70.7 Å². The number of piperidine rings is 2. The second-order valence-corrected chi connectivity index (χ2v) is 8.41. The lowest BCUT2D eigenvalue weighted by molar-refractivity contribution is -0.384. The predicted octanol–water partition coefficient (Wildman–Crippen LogP) is 3.52. The van der Waals surface area contributed by atoms with E-state index in [1.807, 2.05) is 6.07 Å². The van der Waals surface area contributed by atoms with Crippen molar-refractivity contribution in [2.24, 2.45) is 10.8 Å². The molecule has 1 aromatic carbocycles. The highest BCUT2D eigenvalue weighted by Crippen LogP contribution is 2.39. The standard InChI is InChI=1S/C20H30N6O2S/c1-14-7-3-5-9-24(14)17-12-18(25-10-6-4-8-15(25)2)19(26(27)28)11-16(17)13-22-23-20(21)29/h11-15H,3-10H2,1-2H3,(H3,21,23,29)/b22-13-/t14-,15-/m1/s1. The molecule has 29 heavy (non-hydrogen) atoms. The number of hydrogen-bond acceptors (Lipinski definition) is 6. The van der Waals surface area contributed by atoms with Gasteiger partial charge in [-0.15, -0.1) is 0 Å². The number of hydrogen-bond donors (Lipinski definition) is 2. The molecule has 0 aromatic heterocycles. The van der Waals surface area contributed by atoms with E-state index in [1.54, 1.807) is 12.3 Å². The van der Waals surface area contributed by atoms with Crippen molar-refractivity contribution in [3.8, 4) is 0 Å². The first-order valence-corrected chi connectivity index (χ1v) is 10.7. The van der Waals surface area contributed by atoms with E-state index in [4.69, 9.17) is 18.0 Å². The van der Waals surface area contributed by atoms with Crippen LogP contribution in [0.4, 0.5) is 17.1 Å². The molecule has 0 amide bonds. The Labute approximate surface area is 177 Å². The molecule has 3 N–H and O–H groups in total. The fraction of sp³-hybridized carbons (Fsp3) is 0.600. The maximum Gasteiger partial charge on any atom is 0.293 e. The minimum atomic E-state index is -0.293. The molecule has 2 aliphatic rings. The van der Waals surface area contributed by atoms with Crippen LogP contribution >= 0.6 is 12.2 Å². The highest BCUT2D eigenvalue weighted by atomic mass is 32.1. The van der Waals surface area contributed by atoms with Crippen LogP contribution in [0.1, 0.15) is 57.9 Å². The molecular formula is C20H30N6O2S. The molecule has 2 heterocycles. The smallest absolute Gasteiger partial charge is 0.293 e. The number of benzene rings is 1. The number of hydrazone groups is 1. The van der Waals surface area contributed by atoms with Gasteiger partial charge in [-0.2, -0.15) is 5.10 Å². The normalized spacial score (nSPS) is 22.7. The van der Waals surface area contributed by atoms with E-state index in [1.165, 1.54) is 6.42 Å². The van der Waals surface area contributed by atoms with Crippen molar-refractivity contribution in [1.82, 2.24) is 5.43 Å². The van der Waals surface area contributed by atoms with Gasteiger partial charge in [0.05, 0.1) is 11.1 Å². The lowest BCUT2D eigenvalue weighted by Gasteiger charge is -2.39. The minimum Gasteiger partial charge on any atom is -0.375 e. The van der Waals surface area contributed by atoms with Crippen molar-refractivity contribution in [1.29, 1.82) is 0 Å². The van der Waals surface area contributed by atoms with E-state index in [0.717, 1.165) is 50.9 Å². The van der Waals surface area contributed by atoms with Crippen molar-refractivity contribution in [2.45, 2.75) is 64.5 Å². The van der Waals surface area contributed by atoms with Gasteiger partial charge in [-0.1, -0.05) is 0 Å². The van der Waals surface area contributed by atoms with Crippen LogP contribution < -0.4 is 21.0 Å². The number of nitro groups is 1. The second-order valence-electron chi connectivity index (χ2n) is 7.97. The Bertz CT molecular complexity index is 799. The Kier molecular flexibility index (Phi) is 6.89. The summed E-state index contributed by atoms with van der Waals surface area (Å²) in [5, 5.41) is 16.1. The van der Waals surface area contributed by atoms with Crippen LogP contribution in [0.3, 0.4) is 0 Å². The van der Waals surface area contributed by atoms with E-state index in [0.29, 0.717) is 17.3 Å². The molecule has 9 heteroatoms. The molecule has 0 bridgehead atoms. The molecule has 0 saturated carbocycles. The van der Waals surface area contributed by atoms with Crippen molar-refractivity contribution in [3.05, 3.63) is 27.8 Å². The summed E-state index contributed by atoms with van der Waals surface area (Å²) in [7, 11) is 0. The highest BCUT2D eigenvalue weighted by molar-refractivity contribution is 7.80. The van der Waals surface area contributed by atoms with Crippen LogP contribution in [0.15, 0.2) is 17.2 Å². The first-order valence-electron chi connectivity index (χ1n) is 10.3. The van der Waals surface area contributed by atoms with Crippen molar-refractivity contribution < 1.29 is 4.92 Å². The third kappa shape index (κ3) is 4.95. The number of thiocarbonyl (C=S) groups is 1. The van der Waals surface area contributed by atoms with Gasteiger partial charge in [-0.25, -0.2) is 0 Å². The Morgan fingerprint density at radius 2 is 1.76 bits per heavy atom. The van der Waals surface area contributed by atoms with E-state index >= 15 is 0 Å². The maximum atomic E-state index is 11.9. The van der Waals surface area contributed by atoms with Gasteiger partial charge in [0.1, 0.15) is 5.69 Å². The van der Waals surface area contributed by atoms with E-state index in [9.17, 15) is 10.1 Å². The number of nitrogens with one attached hydrogen (secondary N) is 1. The largest absolute Gasteiger partial charge is 0.375 e. The van der Waals surface area contributed by atoms with Gasteiger partial charge in [0, 0.05) is 42.5 Å². The molecule has 3 rings (SSSR count). The molecule has 0 aliphatic carbocycles. The fourth-order valence-electron chi connectivity index (χ4n) is 4.39. The number of nitro benzene ring substituents is 1. The molecule has 0 spiro atoms. The van der Waals surface area contributed by atoms with Crippen LogP contribution in [0.5, 0.6) is 0 Å². The summed E-state index contributed by atoms with van der Waals surface area (Å²) in [6.45, 7) is 6.12. The number of rotatable bonds is 5. The van der Waals surface area contributed by atoms with Gasteiger partial charge in [0.25, 0.3) is 5.69 Å². The summed E-state index contributed by atoms with van der Waals surface area (Å²) in [6.07, 6.45) is 8.26. The first-order chi connectivity index (χ1) is 13.9. The van der Waals surface area contributed by atoms with Gasteiger partial charge < -0.3 is 15.5 Å². The van der Waals surface area contributed by atoms with Crippen molar-refractivity contribution in [3.63, 3.8) is 0 Å². The van der Waals surface area contributed by atoms with Crippen LogP contribution in [0.2, 0.25) is 0 Å². The highest BCUT2D eigenvalue weighted by Gasteiger charge is 2.30. The van der Waals surface area contributed by atoms with Gasteiger partial charge in [0.2, 0.25) is 0 Å². The third-order valence-electron chi connectivity index (χ3n) is 5.92. The Balaban J connectivity index is 2.10. The summed E-state index contributed by atoms with van der Waals surface area (Å²) >= 11 is 4.80. The Hall–Kier alpha value is -2.42. The summed E-state index contributed by atoms with van der Waals surface area (Å²) in [6, 6.07) is 4.28. The summed E-state index contributed by atoms with van der Waals surface area (Å²) in [5.41, 5.74) is 10.5. The molecule has 2 fully saturated rings. The zero-order chi connectivity index (χ0) is 21.0. The maximum absolute atomic E-state index is 11.9. The van der Waals surface area contributed by atoms with Crippen LogP contribution in [0.25, 0.3) is 0 Å². The monoisotopic (exact) mass is 418 g/mol. The fourth-order valence-corrected chi connectivity index (χ4v) is 4.44. The molecule has 2 atom stereocenters. The zero-order valence-electron chi connectivity index (χ0n) is 17.1. The summed E-state index contributed by atoms with van der Waals surface area (Å²) in [5.74, 6) is 0. The molecule has 2 aliphatic heterocycles. The van der Waals surface area contributed by atoms with Crippen LogP contribution in [-0.2, 0) is 0 Å². The quantitative estimate of drug-likeness (QED) is 0.327. The molecule has 2 saturated heterocycles. The van der Waals surface area contributed by atoms with Crippen molar-refractivity contribution in [2.75, 3.05) is 22.9 Å². The van der Waals surface area contributed by atoms with Gasteiger partial charge in [0.15, 0.2) is 5.11 Å². The molecule has 1 aromatic rings. The minimum absolute atomic E-state index is 0.0578. The third-order valence-corrected chi connectivity index (χ3v) is 6.02. The van der Waals surface area contributed by atoms with Gasteiger partial charge >= 0.3 is 0 Å². The number of anilines is 2. The van der Waals surface area contributed by atoms with E-state index in [-0.39, 0.29) is 21.8 Å². The summed E-state index contributed by atoms with van der Waals surface area (Å²) in [4.78, 5) is 16.2. The van der Waals surface area contributed by atoms with Crippen LogP contribution in [0, 0.1) is 10.1 Å². The average molecular weight is 419 g/mol. The predicted molar refractivity (Wildman–Crippen MR) is 122 cm³/mol. The molecule has 0 unspecified atom stereocenters. The van der Waals surface area contributed by atoms with Crippen molar-refractivity contribution >= 4 is 40.6 Å². The zero-order valence-corrected chi connectivity index (χ0v) is 18.0. The second kappa shape index (κ2) is 9.39. The Morgan fingerprint density at radius 3 is 2.28 bits per heavy atom. The van der Waals surface area contributed by atoms with E-state index in [2.05, 4.69) is 34.2 Å². The lowest BCUT2D eigenvalue weighted by atomic mass is 9.98. The average Bonchev–Trinajstić information content (AvgIpc) is 2.68. The van der Waals surface area contributed by atoms with E-state index < -0.39 is 0 Å². The molecule has 8 nitrogen and oxygen atoms in total. The molecule has 158 valence electrons. The van der Waals surface area contributed by atoms with Gasteiger partial charge in [-0.3, -0.25) is 15.5 Å². The Morgan fingerprint density at radius 1 is 1.17 bits per heavy atom. The number of nitrogens with two attached hydrogens (primary N) is 1. The first kappa shape index (κ1) is 21.3. The SMILES string of the molecule is C[C@@H]1CCCCN1c1cc(N2CCCC[C@H]2C)c([N+](=O)[O-])cc1/C=N\NC(N)=S. The molecular weight excluding hydrogens is 388 g/mol. The topological polar surface area (TPSA) is 100 Å². The summed E-state index contributed by atoms with van der Waals surface area (Å²) < 4.78 is 0. The number of nitrogens with zero attached hydrogens (tertiary/aromatic N) is 4. The lowest BCUT2D eigenvalue weighted by Crippen LogP contribution is -2.40. The molecule has 0 radical (unpaired) electrons.